The Balaban J connectivity index is 2.50. The zero-order valence-corrected chi connectivity index (χ0v) is 15.8. The van der Waals surface area contributed by atoms with E-state index in [0.29, 0.717) is 17.3 Å². The third-order valence-electron chi connectivity index (χ3n) is 3.60. The molecule has 136 valence electrons. The van der Waals surface area contributed by atoms with Crippen LogP contribution in [0.3, 0.4) is 0 Å². The van der Waals surface area contributed by atoms with Crippen molar-refractivity contribution in [1.29, 1.82) is 0 Å². The Morgan fingerprint density at radius 3 is 2.32 bits per heavy atom. The second-order valence-electron chi connectivity index (χ2n) is 6.02. The molecular formula is C18H22F2N2O2S. The van der Waals surface area contributed by atoms with Crippen molar-refractivity contribution in [2.24, 2.45) is 0 Å². The van der Waals surface area contributed by atoms with Crippen LogP contribution >= 0.6 is 11.8 Å². The van der Waals surface area contributed by atoms with Crippen molar-refractivity contribution >= 4 is 17.7 Å². The molecule has 2 rings (SSSR count). The molecule has 1 heterocycles. The summed E-state index contributed by atoms with van der Waals surface area (Å²) in [5.41, 5.74) is 0.811. The monoisotopic (exact) mass is 368 g/mol. The van der Waals surface area contributed by atoms with E-state index in [1.807, 2.05) is 25.3 Å². The molecule has 2 aromatic rings. The highest BCUT2D eigenvalue weighted by Crippen LogP contribution is 2.37. The van der Waals surface area contributed by atoms with Crippen LogP contribution in [0.2, 0.25) is 0 Å². The van der Waals surface area contributed by atoms with Gasteiger partial charge < -0.3 is 9.30 Å². The molecule has 1 unspecified atom stereocenters. The zero-order valence-electron chi connectivity index (χ0n) is 15.0. The summed E-state index contributed by atoms with van der Waals surface area (Å²) in [6.07, 6.45) is -0.506. The Hall–Kier alpha value is -1.89. The van der Waals surface area contributed by atoms with Crippen LogP contribution in [0.1, 0.15) is 58.2 Å². The summed E-state index contributed by atoms with van der Waals surface area (Å²) in [5.74, 6) is -0.891. The lowest BCUT2D eigenvalue weighted by molar-refractivity contribution is -0.146. The van der Waals surface area contributed by atoms with Crippen molar-refractivity contribution in [3.05, 3.63) is 41.4 Å². The lowest BCUT2D eigenvalue weighted by Gasteiger charge is -2.15. The average Bonchev–Trinajstić information content (AvgIpc) is 2.84. The Morgan fingerprint density at radius 1 is 1.24 bits per heavy atom. The zero-order chi connectivity index (χ0) is 18.7. The molecule has 0 aliphatic heterocycles. The summed E-state index contributed by atoms with van der Waals surface area (Å²) < 4.78 is 34.2. The van der Waals surface area contributed by atoms with Crippen molar-refractivity contribution in [2.45, 2.75) is 63.1 Å². The first kappa shape index (κ1) is 19.4. The lowest BCUT2D eigenvalue weighted by Crippen LogP contribution is -2.12. The average molecular weight is 368 g/mol. The Bertz CT molecular complexity index is 754. The lowest BCUT2D eigenvalue weighted by atomic mass is 10.1. The molecule has 0 radical (unpaired) electrons. The molecule has 0 bridgehead atoms. The fourth-order valence-corrected chi connectivity index (χ4v) is 3.86. The Kier molecular flexibility index (Phi) is 6.21. The van der Waals surface area contributed by atoms with Gasteiger partial charge >= 0.3 is 5.97 Å². The maximum absolute atomic E-state index is 13.5. The van der Waals surface area contributed by atoms with E-state index >= 15 is 0 Å². The minimum absolute atomic E-state index is 0.108. The number of benzene rings is 1. The number of hydrogen-bond acceptors (Lipinski definition) is 4. The summed E-state index contributed by atoms with van der Waals surface area (Å²) in [5, 5.41) is 0.802. The predicted molar refractivity (Wildman–Crippen MR) is 92.7 cm³/mol. The molecule has 1 aromatic carbocycles. The van der Waals surface area contributed by atoms with Crippen LogP contribution < -0.4 is 0 Å². The SMILES string of the molecule is CCn1c(C(C)OC(C)=O)nc(C(C)C)c1Sc1cc(F)cc(F)c1. The smallest absolute Gasteiger partial charge is 0.303 e. The van der Waals surface area contributed by atoms with Crippen molar-refractivity contribution < 1.29 is 18.3 Å². The summed E-state index contributed by atoms with van der Waals surface area (Å²) in [7, 11) is 0. The van der Waals surface area contributed by atoms with Gasteiger partial charge in [0.25, 0.3) is 0 Å². The van der Waals surface area contributed by atoms with Crippen molar-refractivity contribution in [2.75, 3.05) is 0 Å². The maximum Gasteiger partial charge on any atom is 0.303 e. The fourth-order valence-electron chi connectivity index (χ4n) is 2.57. The van der Waals surface area contributed by atoms with Gasteiger partial charge in [0.2, 0.25) is 0 Å². The van der Waals surface area contributed by atoms with Crippen molar-refractivity contribution in [3.63, 3.8) is 0 Å². The molecule has 4 nitrogen and oxygen atoms in total. The largest absolute Gasteiger partial charge is 0.455 e. The van der Waals surface area contributed by atoms with Crippen molar-refractivity contribution in [1.82, 2.24) is 9.55 Å². The summed E-state index contributed by atoms with van der Waals surface area (Å²) >= 11 is 1.26. The second-order valence-corrected chi connectivity index (χ2v) is 7.08. The number of hydrogen-bond donors (Lipinski definition) is 0. The van der Waals surface area contributed by atoms with Gasteiger partial charge in [0.05, 0.1) is 5.69 Å². The number of imidazole rings is 1. The highest BCUT2D eigenvalue weighted by molar-refractivity contribution is 7.99. The van der Waals surface area contributed by atoms with E-state index in [9.17, 15) is 13.6 Å². The molecule has 0 amide bonds. The number of aromatic nitrogens is 2. The van der Waals surface area contributed by atoms with Gasteiger partial charge in [-0.05, 0) is 31.9 Å². The van der Waals surface area contributed by atoms with Gasteiger partial charge in [-0.25, -0.2) is 13.8 Å². The van der Waals surface area contributed by atoms with Crippen LogP contribution in [-0.4, -0.2) is 15.5 Å². The van der Waals surface area contributed by atoms with Gasteiger partial charge in [-0.1, -0.05) is 25.6 Å². The van der Waals surface area contributed by atoms with Crippen LogP contribution in [0.4, 0.5) is 8.78 Å². The number of ether oxygens (including phenoxy) is 1. The number of rotatable bonds is 6. The van der Waals surface area contributed by atoms with E-state index in [2.05, 4.69) is 4.98 Å². The predicted octanol–water partition coefficient (Wildman–Crippen LogP) is 5.08. The molecule has 0 aliphatic carbocycles. The van der Waals surface area contributed by atoms with Crippen LogP contribution in [0.15, 0.2) is 28.1 Å². The molecule has 0 saturated carbocycles. The molecule has 0 fully saturated rings. The quantitative estimate of drug-likeness (QED) is 0.667. The Labute approximate surface area is 150 Å². The van der Waals surface area contributed by atoms with Gasteiger partial charge in [0.15, 0.2) is 11.9 Å². The van der Waals surface area contributed by atoms with E-state index in [1.165, 1.54) is 30.8 Å². The van der Waals surface area contributed by atoms with Crippen LogP contribution in [0, 0.1) is 11.6 Å². The molecule has 7 heteroatoms. The molecule has 0 spiro atoms. The first-order valence-electron chi connectivity index (χ1n) is 8.14. The number of carbonyl (C=O) groups is 1. The molecule has 25 heavy (non-hydrogen) atoms. The molecular weight excluding hydrogens is 346 g/mol. The van der Waals surface area contributed by atoms with Gasteiger partial charge in [0.1, 0.15) is 16.7 Å². The number of nitrogens with zero attached hydrogens (tertiary/aromatic N) is 2. The standard InChI is InChI=1S/C18H22F2N2O2S/c1-6-22-17(11(4)24-12(5)23)21-16(10(2)3)18(22)25-15-8-13(19)7-14(20)9-15/h7-11H,6H2,1-5H3. The van der Waals surface area contributed by atoms with Gasteiger partial charge in [0, 0.05) is 24.4 Å². The van der Waals surface area contributed by atoms with E-state index in [4.69, 9.17) is 4.74 Å². The third kappa shape index (κ3) is 4.60. The van der Waals surface area contributed by atoms with E-state index < -0.39 is 17.7 Å². The molecule has 0 N–H and O–H groups in total. The minimum atomic E-state index is -0.621. The van der Waals surface area contributed by atoms with Crippen molar-refractivity contribution in [3.8, 4) is 0 Å². The van der Waals surface area contributed by atoms with Gasteiger partial charge in [-0.3, -0.25) is 4.79 Å². The number of halogens is 2. The highest BCUT2D eigenvalue weighted by Gasteiger charge is 2.24. The maximum atomic E-state index is 13.5. The summed E-state index contributed by atoms with van der Waals surface area (Å²) in [6.45, 7) is 9.66. The third-order valence-corrected chi connectivity index (χ3v) is 4.69. The minimum Gasteiger partial charge on any atom is -0.455 e. The number of esters is 1. The first-order valence-corrected chi connectivity index (χ1v) is 8.96. The van der Waals surface area contributed by atoms with Gasteiger partial charge in [-0.2, -0.15) is 0 Å². The normalized spacial score (nSPS) is 12.5. The fraction of sp³-hybridized carbons (Fsp3) is 0.444. The van der Waals surface area contributed by atoms with E-state index in [1.54, 1.807) is 6.92 Å². The first-order chi connectivity index (χ1) is 11.7. The van der Waals surface area contributed by atoms with E-state index in [-0.39, 0.29) is 11.9 Å². The highest BCUT2D eigenvalue weighted by atomic mass is 32.2. The topological polar surface area (TPSA) is 44.1 Å². The Morgan fingerprint density at radius 2 is 1.84 bits per heavy atom. The molecule has 1 atom stereocenters. The second kappa shape index (κ2) is 7.99. The number of carbonyl (C=O) groups excluding carboxylic acids is 1. The van der Waals surface area contributed by atoms with Crippen LogP contribution in [0.25, 0.3) is 0 Å². The molecule has 0 aliphatic rings. The van der Waals surface area contributed by atoms with Crippen LogP contribution in [-0.2, 0) is 16.1 Å². The summed E-state index contributed by atoms with van der Waals surface area (Å²) in [4.78, 5) is 16.4. The van der Waals surface area contributed by atoms with Gasteiger partial charge in [-0.15, -0.1) is 0 Å². The van der Waals surface area contributed by atoms with E-state index in [0.717, 1.165) is 16.8 Å². The molecule has 0 saturated heterocycles. The molecule has 1 aromatic heterocycles. The van der Waals surface area contributed by atoms with Crippen LogP contribution in [0.5, 0.6) is 0 Å². The summed E-state index contributed by atoms with van der Waals surface area (Å²) in [6, 6.07) is 3.43.